The first kappa shape index (κ1) is 12.4. The van der Waals surface area contributed by atoms with E-state index < -0.39 is 0 Å². The third kappa shape index (κ3) is 2.98. The number of benzene rings is 1. The van der Waals surface area contributed by atoms with E-state index >= 15 is 0 Å². The molecular formula is C12H14FN3O2. The van der Waals surface area contributed by atoms with Crippen LogP contribution in [0.5, 0.6) is 5.75 Å². The zero-order valence-electron chi connectivity index (χ0n) is 9.71. The maximum absolute atomic E-state index is 12.9. The van der Waals surface area contributed by atoms with Crippen LogP contribution in [0.15, 0.2) is 30.3 Å². The Morgan fingerprint density at radius 3 is 2.94 bits per heavy atom. The van der Waals surface area contributed by atoms with E-state index in [0.717, 1.165) is 0 Å². The molecule has 6 heteroatoms. The van der Waals surface area contributed by atoms with Crippen LogP contribution in [-0.2, 0) is 13.2 Å². The first-order valence-corrected chi connectivity index (χ1v) is 5.50. The molecule has 0 spiro atoms. The molecule has 0 bridgehead atoms. The van der Waals surface area contributed by atoms with Crippen molar-refractivity contribution in [3.63, 3.8) is 0 Å². The summed E-state index contributed by atoms with van der Waals surface area (Å²) in [5.74, 6) is 0.546. The van der Waals surface area contributed by atoms with Gasteiger partial charge in [0, 0.05) is 12.1 Å². The molecule has 5 nitrogen and oxygen atoms in total. The molecule has 0 aliphatic rings. The third-order valence-electron chi connectivity index (χ3n) is 2.36. The van der Waals surface area contributed by atoms with Gasteiger partial charge in [0.25, 0.3) is 0 Å². The molecule has 0 radical (unpaired) electrons. The van der Waals surface area contributed by atoms with Crippen LogP contribution < -0.4 is 10.5 Å². The molecule has 0 aliphatic heterocycles. The number of nitrogen functional groups attached to an aromatic ring is 1. The van der Waals surface area contributed by atoms with Gasteiger partial charge < -0.3 is 15.6 Å². The van der Waals surface area contributed by atoms with Crippen molar-refractivity contribution in [2.75, 3.05) is 12.3 Å². The maximum atomic E-state index is 12.9. The van der Waals surface area contributed by atoms with Crippen LogP contribution >= 0.6 is 0 Å². The van der Waals surface area contributed by atoms with Gasteiger partial charge in [-0.25, -0.2) is 9.07 Å². The van der Waals surface area contributed by atoms with Crippen LogP contribution in [0.1, 0.15) is 5.69 Å². The molecule has 3 N–H and O–H groups in total. The number of anilines is 1. The van der Waals surface area contributed by atoms with E-state index in [1.54, 1.807) is 18.2 Å². The van der Waals surface area contributed by atoms with Crippen LogP contribution in [0.25, 0.3) is 0 Å². The van der Waals surface area contributed by atoms with Crippen molar-refractivity contribution in [1.29, 1.82) is 0 Å². The second-order valence-electron chi connectivity index (χ2n) is 3.75. The fourth-order valence-electron chi connectivity index (χ4n) is 1.55. The van der Waals surface area contributed by atoms with Gasteiger partial charge in [-0.1, -0.05) is 6.07 Å². The molecule has 0 saturated heterocycles. The highest BCUT2D eigenvalue weighted by molar-refractivity contribution is 5.31. The highest BCUT2D eigenvalue weighted by atomic mass is 19.1. The van der Waals surface area contributed by atoms with E-state index in [9.17, 15) is 4.39 Å². The van der Waals surface area contributed by atoms with Crippen molar-refractivity contribution in [1.82, 2.24) is 9.78 Å². The number of ether oxygens (including phenoxy) is 1. The van der Waals surface area contributed by atoms with Gasteiger partial charge in [-0.2, -0.15) is 5.10 Å². The van der Waals surface area contributed by atoms with E-state index in [1.165, 1.54) is 16.8 Å². The highest BCUT2D eigenvalue weighted by Gasteiger charge is 2.05. The Morgan fingerprint density at radius 2 is 2.22 bits per heavy atom. The lowest BCUT2D eigenvalue weighted by Gasteiger charge is -2.03. The van der Waals surface area contributed by atoms with Crippen LogP contribution in [0.4, 0.5) is 10.2 Å². The molecule has 0 unspecified atom stereocenters. The molecule has 18 heavy (non-hydrogen) atoms. The summed E-state index contributed by atoms with van der Waals surface area (Å²) >= 11 is 0. The fourth-order valence-corrected chi connectivity index (χ4v) is 1.55. The number of aliphatic hydroxyl groups is 1. The van der Waals surface area contributed by atoms with Crippen LogP contribution in [0.2, 0.25) is 0 Å². The number of hydrogen-bond donors (Lipinski definition) is 2. The Labute approximate surface area is 104 Å². The molecule has 2 rings (SSSR count). The van der Waals surface area contributed by atoms with Gasteiger partial charge in [0.15, 0.2) is 0 Å². The Morgan fingerprint density at radius 1 is 1.39 bits per heavy atom. The average Bonchev–Trinajstić information content (AvgIpc) is 2.69. The van der Waals surface area contributed by atoms with Gasteiger partial charge in [0.2, 0.25) is 0 Å². The van der Waals surface area contributed by atoms with Gasteiger partial charge in [-0.05, 0) is 12.1 Å². The molecule has 0 fully saturated rings. The van der Waals surface area contributed by atoms with Crippen LogP contribution in [0, 0.1) is 5.82 Å². The minimum absolute atomic E-state index is 0.0317. The molecule has 0 saturated carbocycles. The third-order valence-corrected chi connectivity index (χ3v) is 2.36. The summed E-state index contributed by atoms with van der Waals surface area (Å²) in [7, 11) is 0. The smallest absolute Gasteiger partial charge is 0.132 e. The van der Waals surface area contributed by atoms with Gasteiger partial charge in [-0.15, -0.1) is 0 Å². The normalized spacial score (nSPS) is 10.6. The van der Waals surface area contributed by atoms with E-state index in [4.69, 9.17) is 15.6 Å². The van der Waals surface area contributed by atoms with Crippen molar-refractivity contribution in [3.05, 3.63) is 41.8 Å². The number of rotatable bonds is 5. The Balaban J connectivity index is 2.00. The van der Waals surface area contributed by atoms with Crippen molar-refractivity contribution in [2.24, 2.45) is 0 Å². The molecule has 0 amide bonds. The maximum Gasteiger partial charge on any atom is 0.132 e. The minimum Gasteiger partial charge on any atom is -0.487 e. The van der Waals surface area contributed by atoms with E-state index in [1.807, 2.05) is 0 Å². The fraction of sp³-hybridized carbons (Fsp3) is 0.250. The first-order valence-electron chi connectivity index (χ1n) is 5.50. The number of nitrogens with zero attached hydrogens (tertiary/aromatic N) is 2. The SMILES string of the molecule is Nc1cc(COc2cccc(F)c2)nn1CCO. The van der Waals surface area contributed by atoms with E-state index in [2.05, 4.69) is 5.10 Å². The average molecular weight is 251 g/mol. The summed E-state index contributed by atoms with van der Waals surface area (Å²) in [4.78, 5) is 0. The number of aromatic nitrogens is 2. The number of aliphatic hydroxyl groups excluding tert-OH is 1. The van der Waals surface area contributed by atoms with Crippen molar-refractivity contribution in [3.8, 4) is 5.75 Å². The van der Waals surface area contributed by atoms with Crippen molar-refractivity contribution >= 4 is 5.82 Å². The summed E-state index contributed by atoms with van der Waals surface area (Å²) in [6, 6.07) is 7.55. The monoisotopic (exact) mass is 251 g/mol. The summed E-state index contributed by atoms with van der Waals surface area (Å²) in [5, 5.41) is 13.0. The molecule has 2 aromatic rings. The Bertz CT molecular complexity index is 528. The molecule has 0 atom stereocenters. The quantitative estimate of drug-likeness (QED) is 0.836. The predicted octanol–water partition coefficient (Wildman–Crippen LogP) is 1.18. The van der Waals surface area contributed by atoms with Gasteiger partial charge in [-0.3, -0.25) is 0 Å². The second kappa shape index (κ2) is 5.50. The molecular weight excluding hydrogens is 237 g/mol. The lowest BCUT2D eigenvalue weighted by molar-refractivity contribution is 0.266. The lowest BCUT2D eigenvalue weighted by Crippen LogP contribution is -2.08. The molecule has 96 valence electrons. The number of nitrogens with two attached hydrogens (primary N) is 1. The Kier molecular flexibility index (Phi) is 3.78. The largest absolute Gasteiger partial charge is 0.487 e. The molecule has 1 aromatic heterocycles. The predicted molar refractivity (Wildman–Crippen MR) is 64.5 cm³/mol. The summed E-state index contributed by atoms with van der Waals surface area (Å²) in [5.41, 5.74) is 6.32. The van der Waals surface area contributed by atoms with Crippen molar-refractivity contribution < 1.29 is 14.2 Å². The standard InChI is InChI=1S/C12H14FN3O2/c13-9-2-1-3-11(6-9)18-8-10-7-12(14)16(15-10)4-5-17/h1-3,6-7,17H,4-5,8,14H2. The van der Waals surface area contributed by atoms with Crippen LogP contribution in [0.3, 0.4) is 0 Å². The molecule has 1 aromatic carbocycles. The zero-order valence-corrected chi connectivity index (χ0v) is 9.71. The minimum atomic E-state index is -0.349. The highest BCUT2D eigenvalue weighted by Crippen LogP contribution is 2.14. The first-order chi connectivity index (χ1) is 8.69. The van der Waals surface area contributed by atoms with Crippen LogP contribution in [-0.4, -0.2) is 21.5 Å². The molecule has 0 aliphatic carbocycles. The molecule has 1 heterocycles. The summed E-state index contributed by atoms with van der Waals surface area (Å²) in [6.45, 7) is 0.508. The second-order valence-corrected chi connectivity index (χ2v) is 3.75. The Hall–Kier alpha value is -2.08. The van der Waals surface area contributed by atoms with Crippen molar-refractivity contribution in [2.45, 2.75) is 13.2 Å². The van der Waals surface area contributed by atoms with Gasteiger partial charge in [0.1, 0.15) is 29.7 Å². The van der Waals surface area contributed by atoms with E-state index in [-0.39, 0.29) is 19.0 Å². The topological polar surface area (TPSA) is 73.3 Å². The van der Waals surface area contributed by atoms with Gasteiger partial charge in [0.05, 0.1) is 13.2 Å². The van der Waals surface area contributed by atoms with E-state index in [0.29, 0.717) is 23.8 Å². The van der Waals surface area contributed by atoms with Gasteiger partial charge >= 0.3 is 0 Å². The lowest BCUT2D eigenvalue weighted by atomic mass is 10.3. The zero-order chi connectivity index (χ0) is 13.0. The number of hydrogen-bond acceptors (Lipinski definition) is 4. The number of halogens is 1. The summed E-state index contributed by atoms with van der Waals surface area (Å²) in [6.07, 6.45) is 0. The summed E-state index contributed by atoms with van der Waals surface area (Å²) < 4.78 is 19.8.